The molecule has 0 N–H and O–H groups in total. The van der Waals surface area contributed by atoms with Crippen LogP contribution in [0, 0.1) is 0 Å². The highest BCUT2D eigenvalue weighted by atomic mass is 16.5. The Morgan fingerprint density at radius 3 is 2.71 bits per heavy atom. The lowest BCUT2D eigenvalue weighted by atomic mass is 9.90. The molecule has 0 aliphatic heterocycles. The minimum Gasteiger partial charge on any atom is -0.465 e. The zero-order valence-corrected chi connectivity index (χ0v) is 11.7. The van der Waals surface area contributed by atoms with E-state index in [0.29, 0.717) is 5.57 Å². The lowest BCUT2D eigenvalue weighted by Gasteiger charge is -2.15. The number of allylic oxidation sites excluding steroid dienone is 2. The van der Waals surface area contributed by atoms with Crippen LogP contribution in [0.5, 0.6) is 0 Å². The number of rotatable bonds is 1. The number of hydrogen-bond donors (Lipinski definition) is 0. The quantitative estimate of drug-likeness (QED) is 0.746. The van der Waals surface area contributed by atoms with Crippen LogP contribution in [0.15, 0.2) is 36.4 Å². The van der Waals surface area contributed by atoms with Crippen molar-refractivity contribution in [2.75, 3.05) is 7.11 Å². The largest absolute Gasteiger partial charge is 0.465 e. The van der Waals surface area contributed by atoms with E-state index in [9.17, 15) is 4.79 Å². The standard InChI is InChI=1S/C19H14O2/c1-21-19(20)17-7-3-5-13-9-10-15-14-6-2-4-12(14)8-11-16(15)18(13)17/h2,4-11H,3H2,1H3. The summed E-state index contributed by atoms with van der Waals surface area (Å²) in [6.07, 6.45) is 11.2. The number of ether oxygens (including phenoxy) is 1. The van der Waals surface area contributed by atoms with Gasteiger partial charge in [0.2, 0.25) is 0 Å². The third-order valence-corrected chi connectivity index (χ3v) is 4.18. The fraction of sp³-hybridized carbons (Fsp3) is 0.105. The first kappa shape index (κ1) is 12.2. The molecule has 0 saturated carbocycles. The molecule has 0 unspecified atom stereocenters. The van der Waals surface area contributed by atoms with Gasteiger partial charge in [0.25, 0.3) is 0 Å². The number of benzene rings is 2. The Morgan fingerprint density at radius 2 is 1.86 bits per heavy atom. The van der Waals surface area contributed by atoms with Gasteiger partial charge >= 0.3 is 5.97 Å². The molecule has 0 aromatic heterocycles. The number of esters is 1. The smallest absolute Gasteiger partial charge is 0.338 e. The summed E-state index contributed by atoms with van der Waals surface area (Å²) < 4.78 is 4.95. The van der Waals surface area contributed by atoms with Crippen molar-refractivity contribution >= 4 is 40.5 Å². The minimum atomic E-state index is -0.264. The predicted molar refractivity (Wildman–Crippen MR) is 85.8 cm³/mol. The van der Waals surface area contributed by atoms with Gasteiger partial charge in [-0.05, 0) is 33.2 Å². The van der Waals surface area contributed by atoms with E-state index in [4.69, 9.17) is 4.74 Å². The van der Waals surface area contributed by atoms with Gasteiger partial charge in [-0.3, -0.25) is 0 Å². The highest BCUT2D eigenvalue weighted by molar-refractivity contribution is 6.21. The van der Waals surface area contributed by atoms with Gasteiger partial charge in [-0.25, -0.2) is 4.79 Å². The second-order valence-corrected chi connectivity index (χ2v) is 5.27. The molecule has 2 aliphatic rings. The fourth-order valence-corrected chi connectivity index (χ4v) is 3.21. The molecule has 2 heteroatoms. The molecule has 0 saturated heterocycles. The predicted octanol–water partition coefficient (Wildman–Crippen LogP) is 2.39. The second-order valence-electron chi connectivity index (χ2n) is 5.27. The Hall–Kier alpha value is -2.61. The summed E-state index contributed by atoms with van der Waals surface area (Å²) >= 11 is 0. The van der Waals surface area contributed by atoms with E-state index in [1.165, 1.54) is 23.3 Å². The molecule has 0 heterocycles. The average Bonchev–Trinajstić information content (AvgIpc) is 3.01. The lowest BCUT2D eigenvalue weighted by molar-refractivity contribution is -0.133. The molecule has 21 heavy (non-hydrogen) atoms. The molecule has 0 spiro atoms. The zero-order valence-electron chi connectivity index (χ0n) is 11.7. The highest BCUT2D eigenvalue weighted by Crippen LogP contribution is 2.27. The Bertz CT molecular complexity index is 959. The highest BCUT2D eigenvalue weighted by Gasteiger charge is 2.19. The molecular weight excluding hydrogens is 260 g/mol. The number of methoxy groups -OCH3 is 1. The monoisotopic (exact) mass is 274 g/mol. The maximum Gasteiger partial charge on any atom is 0.338 e. The maximum absolute atomic E-state index is 12.1. The molecule has 0 fully saturated rings. The van der Waals surface area contributed by atoms with E-state index in [-0.39, 0.29) is 5.97 Å². The average molecular weight is 274 g/mol. The maximum atomic E-state index is 12.1. The number of fused-ring (bicyclic) bond motifs is 5. The van der Waals surface area contributed by atoms with E-state index >= 15 is 0 Å². The van der Waals surface area contributed by atoms with Gasteiger partial charge in [0.15, 0.2) is 0 Å². The van der Waals surface area contributed by atoms with Crippen LogP contribution in [0.1, 0.15) is 17.5 Å². The summed E-state index contributed by atoms with van der Waals surface area (Å²) in [5.74, 6) is -0.264. The number of carbonyl (C=O) groups excluding carboxylic acids is 1. The van der Waals surface area contributed by atoms with Gasteiger partial charge in [0, 0.05) is 5.56 Å². The van der Waals surface area contributed by atoms with Crippen LogP contribution in [0.3, 0.4) is 0 Å². The number of carbonyl (C=O) groups is 1. The van der Waals surface area contributed by atoms with Crippen LogP contribution in [-0.4, -0.2) is 13.1 Å². The molecule has 2 aliphatic carbocycles. The molecule has 0 atom stereocenters. The van der Waals surface area contributed by atoms with Crippen molar-refractivity contribution in [2.45, 2.75) is 6.42 Å². The van der Waals surface area contributed by atoms with Crippen molar-refractivity contribution in [2.24, 2.45) is 0 Å². The molecule has 0 radical (unpaired) electrons. The molecule has 2 nitrogen and oxygen atoms in total. The summed E-state index contributed by atoms with van der Waals surface area (Å²) in [6.45, 7) is 0. The van der Waals surface area contributed by atoms with E-state index < -0.39 is 0 Å². The van der Waals surface area contributed by atoms with Crippen molar-refractivity contribution in [1.82, 2.24) is 0 Å². The number of hydrogen-bond acceptors (Lipinski definition) is 2. The Morgan fingerprint density at radius 1 is 1.05 bits per heavy atom. The Kier molecular flexibility index (Phi) is 2.58. The van der Waals surface area contributed by atoms with Gasteiger partial charge in [0.1, 0.15) is 0 Å². The van der Waals surface area contributed by atoms with Crippen LogP contribution >= 0.6 is 0 Å². The Labute approximate surface area is 122 Å². The SMILES string of the molecule is COC(=O)C1=CCC=c2ccc3c4c(ccc3c21)=CC=C4. The molecule has 102 valence electrons. The fourth-order valence-electron chi connectivity index (χ4n) is 3.21. The first-order valence-corrected chi connectivity index (χ1v) is 7.03. The van der Waals surface area contributed by atoms with Crippen molar-refractivity contribution in [3.63, 3.8) is 0 Å². The van der Waals surface area contributed by atoms with E-state index in [2.05, 4.69) is 48.6 Å². The van der Waals surface area contributed by atoms with Crippen LogP contribution in [0.25, 0.3) is 34.6 Å². The van der Waals surface area contributed by atoms with E-state index in [1.54, 1.807) is 0 Å². The topological polar surface area (TPSA) is 26.3 Å². The van der Waals surface area contributed by atoms with Crippen LogP contribution in [0.2, 0.25) is 0 Å². The Balaban J connectivity index is 2.12. The van der Waals surface area contributed by atoms with Gasteiger partial charge in [-0.2, -0.15) is 0 Å². The lowest BCUT2D eigenvalue weighted by Crippen LogP contribution is -2.18. The molecule has 2 aromatic carbocycles. The van der Waals surface area contributed by atoms with Crippen LogP contribution in [-0.2, 0) is 9.53 Å². The van der Waals surface area contributed by atoms with Gasteiger partial charge < -0.3 is 4.74 Å². The van der Waals surface area contributed by atoms with E-state index in [1.807, 2.05) is 6.08 Å². The summed E-state index contributed by atoms with van der Waals surface area (Å²) in [6, 6.07) is 8.46. The summed E-state index contributed by atoms with van der Waals surface area (Å²) in [4.78, 5) is 12.1. The normalized spacial score (nSPS) is 14.8. The first-order valence-electron chi connectivity index (χ1n) is 7.03. The summed E-state index contributed by atoms with van der Waals surface area (Å²) in [7, 11) is 1.43. The van der Waals surface area contributed by atoms with Crippen molar-refractivity contribution in [1.29, 1.82) is 0 Å². The van der Waals surface area contributed by atoms with Gasteiger partial charge in [-0.1, -0.05) is 54.6 Å². The second kappa shape index (κ2) is 4.45. The van der Waals surface area contributed by atoms with Crippen molar-refractivity contribution in [3.05, 3.63) is 58.0 Å². The molecular formula is C19H14O2. The molecule has 0 bridgehead atoms. The molecule has 2 aromatic rings. The van der Waals surface area contributed by atoms with Crippen LogP contribution in [0.4, 0.5) is 0 Å². The molecule has 0 amide bonds. The van der Waals surface area contributed by atoms with Crippen molar-refractivity contribution < 1.29 is 9.53 Å². The third-order valence-electron chi connectivity index (χ3n) is 4.18. The van der Waals surface area contributed by atoms with Gasteiger partial charge in [-0.15, -0.1) is 0 Å². The summed E-state index contributed by atoms with van der Waals surface area (Å²) in [5, 5.41) is 4.63. The van der Waals surface area contributed by atoms with Crippen molar-refractivity contribution in [3.8, 4) is 0 Å². The van der Waals surface area contributed by atoms with E-state index in [0.717, 1.165) is 22.6 Å². The van der Waals surface area contributed by atoms with Gasteiger partial charge in [0.05, 0.1) is 12.7 Å². The molecule has 4 rings (SSSR count). The first-order chi connectivity index (χ1) is 10.3. The summed E-state index contributed by atoms with van der Waals surface area (Å²) in [5.41, 5.74) is 2.89. The zero-order chi connectivity index (χ0) is 14.4. The van der Waals surface area contributed by atoms with Crippen LogP contribution < -0.4 is 10.4 Å². The minimum absolute atomic E-state index is 0.264. The third kappa shape index (κ3) is 1.69.